The molecule has 2 rings (SSSR count). The number of nitrogens with zero attached hydrogens (tertiary/aromatic N) is 1. The van der Waals surface area contributed by atoms with Crippen LogP contribution in [0.5, 0.6) is 5.75 Å². The number of benzene rings is 1. The highest BCUT2D eigenvalue weighted by Gasteiger charge is 2.27. The monoisotopic (exact) mass is 377 g/mol. The van der Waals surface area contributed by atoms with Crippen molar-refractivity contribution >= 4 is 28.3 Å². The first-order valence-electron chi connectivity index (χ1n) is 7.45. The van der Waals surface area contributed by atoms with Crippen LogP contribution in [-0.2, 0) is 10.0 Å². The van der Waals surface area contributed by atoms with Crippen LogP contribution < -0.4 is 14.8 Å². The zero-order chi connectivity index (χ0) is 17.2. The molecule has 0 spiro atoms. The minimum atomic E-state index is -3.71. The third-order valence-electron chi connectivity index (χ3n) is 3.81. The molecular weight excluding hydrogens is 354 g/mol. The molecule has 136 valence electrons. The van der Waals surface area contributed by atoms with E-state index in [0.717, 1.165) is 0 Å². The second kappa shape index (κ2) is 8.15. The highest BCUT2D eigenvalue weighted by molar-refractivity contribution is 7.89. The molecule has 1 heterocycles. The van der Waals surface area contributed by atoms with Gasteiger partial charge in [-0.25, -0.2) is 13.1 Å². The van der Waals surface area contributed by atoms with Crippen molar-refractivity contribution in [2.45, 2.75) is 30.8 Å². The lowest BCUT2D eigenvalue weighted by Gasteiger charge is -2.36. The summed E-state index contributed by atoms with van der Waals surface area (Å²) < 4.78 is 31.6. The van der Waals surface area contributed by atoms with Gasteiger partial charge in [0.05, 0.1) is 7.11 Å². The van der Waals surface area contributed by atoms with Gasteiger partial charge in [-0.3, -0.25) is 4.79 Å². The van der Waals surface area contributed by atoms with Crippen LogP contribution in [0, 0.1) is 0 Å². The van der Waals surface area contributed by atoms with Crippen molar-refractivity contribution in [3.63, 3.8) is 0 Å². The Morgan fingerprint density at radius 1 is 1.29 bits per heavy atom. The molecule has 9 heteroatoms. The fourth-order valence-corrected chi connectivity index (χ4v) is 3.72. The number of carbonyl (C=O) groups is 1. The van der Waals surface area contributed by atoms with Gasteiger partial charge in [0.15, 0.2) is 0 Å². The number of sulfonamides is 1. The van der Waals surface area contributed by atoms with Crippen LogP contribution in [-0.4, -0.2) is 58.6 Å². The summed E-state index contributed by atoms with van der Waals surface area (Å²) in [6.45, 7) is 5.20. The number of carbonyl (C=O) groups excluding carboxylic acids is 1. The van der Waals surface area contributed by atoms with Crippen LogP contribution in [0.25, 0.3) is 0 Å². The number of nitrogens with one attached hydrogen (secondary N) is 2. The molecule has 1 aromatic rings. The second-order valence-corrected chi connectivity index (χ2v) is 7.61. The van der Waals surface area contributed by atoms with Crippen LogP contribution in [0.1, 0.15) is 24.2 Å². The minimum absolute atomic E-state index is 0. The lowest BCUT2D eigenvalue weighted by molar-refractivity contribution is 0.0673. The molecule has 1 aromatic carbocycles. The van der Waals surface area contributed by atoms with Crippen LogP contribution in [0.15, 0.2) is 23.1 Å². The van der Waals surface area contributed by atoms with E-state index in [2.05, 4.69) is 10.0 Å². The molecule has 2 N–H and O–H groups in total. The molecule has 0 saturated carbocycles. The lowest BCUT2D eigenvalue weighted by Crippen LogP contribution is -2.55. The van der Waals surface area contributed by atoms with E-state index in [1.807, 2.05) is 13.8 Å². The van der Waals surface area contributed by atoms with Gasteiger partial charge >= 0.3 is 0 Å². The maximum Gasteiger partial charge on any atom is 0.254 e. The van der Waals surface area contributed by atoms with Crippen molar-refractivity contribution in [2.75, 3.05) is 27.2 Å². The van der Waals surface area contributed by atoms with E-state index >= 15 is 0 Å². The summed E-state index contributed by atoms with van der Waals surface area (Å²) in [6.07, 6.45) is 0. The van der Waals surface area contributed by atoms with Gasteiger partial charge in [0.1, 0.15) is 10.6 Å². The Hall–Kier alpha value is -1.35. The molecule has 2 atom stereocenters. The van der Waals surface area contributed by atoms with Gasteiger partial charge in [-0.15, -0.1) is 12.4 Å². The number of methoxy groups -OCH3 is 1. The Bertz CT molecular complexity index is 686. The summed E-state index contributed by atoms with van der Waals surface area (Å²) >= 11 is 0. The van der Waals surface area contributed by atoms with Gasteiger partial charge < -0.3 is 15.0 Å². The first-order valence-corrected chi connectivity index (χ1v) is 8.93. The standard InChI is InChI=1S/C15H23N3O4S.ClH/c1-10-8-18(9-11(2)17-10)15(19)12-5-6-13(22-4)14(7-12)23(20,21)16-3;/h5-7,10-11,16-17H,8-9H2,1-4H3;1H. The van der Waals surface area contributed by atoms with Gasteiger partial charge in [0.25, 0.3) is 5.91 Å². The fourth-order valence-electron chi connectivity index (χ4n) is 2.80. The molecule has 0 aromatic heterocycles. The van der Waals surface area contributed by atoms with Gasteiger partial charge in [-0.05, 0) is 39.1 Å². The molecule has 1 saturated heterocycles. The van der Waals surface area contributed by atoms with E-state index in [9.17, 15) is 13.2 Å². The molecule has 24 heavy (non-hydrogen) atoms. The van der Waals surface area contributed by atoms with Crippen molar-refractivity contribution in [1.82, 2.24) is 14.9 Å². The van der Waals surface area contributed by atoms with E-state index in [0.29, 0.717) is 18.7 Å². The molecule has 0 aliphatic carbocycles. The Balaban J connectivity index is 0.00000288. The fraction of sp³-hybridized carbons (Fsp3) is 0.533. The minimum Gasteiger partial charge on any atom is -0.495 e. The zero-order valence-electron chi connectivity index (χ0n) is 14.2. The van der Waals surface area contributed by atoms with Crippen LogP contribution >= 0.6 is 12.4 Å². The van der Waals surface area contributed by atoms with E-state index in [4.69, 9.17) is 4.74 Å². The van der Waals surface area contributed by atoms with Crippen molar-refractivity contribution in [3.8, 4) is 5.75 Å². The van der Waals surface area contributed by atoms with Gasteiger partial charge in [0.2, 0.25) is 10.0 Å². The van der Waals surface area contributed by atoms with E-state index < -0.39 is 10.0 Å². The topological polar surface area (TPSA) is 87.7 Å². The highest BCUT2D eigenvalue weighted by atomic mass is 35.5. The summed E-state index contributed by atoms with van der Waals surface area (Å²) in [7, 11) is -0.991. The molecule has 1 aliphatic rings. The quantitative estimate of drug-likeness (QED) is 0.812. The van der Waals surface area contributed by atoms with E-state index in [-0.39, 0.29) is 41.0 Å². The van der Waals surface area contributed by atoms with E-state index in [1.165, 1.54) is 26.3 Å². The molecule has 1 amide bonds. The van der Waals surface area contributed by atoms with Crippen molar-refractivity contribution in [2.24, 2.45) is 0 Å². The summed E-state index contributed by atoms with van der Waals surface area (Å²) in [5, 5.41) is 3.36. The molecule has 2 unspecified atom stereocenters. The summed E-state index contributed by atoms with van der Waals surface area (Å²) in [4.78, 5) is 14.4. The number of amides is 1. The Labute approximate surface area is 149 Å². The molecule has 1 aliphatic heterocycles. The predicted octanol–water partition coefficient (Wildman–Crippen LogP) is 0.847. The Morgan fingerprint density at radius 3 is 2.38 bits per heavy atom. The maximum absolute atomic E-state index is 12.7. The largest absolute Gasteiger partial charge is 0.495 e. The number of rotatable bonds is 4. The number of piperazine rings is 1. The third kappa shape index (κ3) is 4.38. The zero-order valence-corrected chi connectivity index (χ0v) is 15.8. The first-order chi connectivity index (χ1) is 10.8. The van der Waals surface area contributed by atoms with Crippen molar-refractivity contribution < 1.29 is 17.9 Å². The molecular formula is C15H24ClN3O4S. The normalized spacial score (nSPS) is 21.1. The average Bonchev–Trinajstić information content (AvgIpc) is 2.52. The average molecular weight is 378 g/mol. The SMILES string of the molecule is CNS(=O)(=O)c1cc(C(=O)N2CC(C)NC(C)C2)ccc1OC.Cl. The Kier molecular flexibility index (Phi) is 7.03. The van der Waals surface area contributed by atoms with Crippen molar-refractivity contribution in [3.05, 3.63) is 23.8 Å². The van der Waals surface area contributed by atoms with Gasteiger partial charge in [0, 0.05) is 30.7 Å². The smallest absolute Gasteiger partial charge is 0.254 e. The molecule has 0 bridgehead atoms. The summed E-state index contributed by atoms with van der Waals surface area (Å²) in [6, 6.07) is 4.85. The lowest BCUT2D eigenvalue weighted by atomic mass is 10.1. The number of halogens is 1. The summed E-state index contributed by atoms with van der Waals surface area (Å²) in [5.74, 6) is 0.0263. The highest BCUT2D eigenvalue weighted by Crippen LogP contribution is 2.25. The number of ether oxygens (including phenoxy) is 1. The predicted molar refractivity (Wildman–Crippen MR) is 94.5 cm³/mol. The number of hydrogen-bond acceptors (Lipinski definition) is 5. The van der Waals surface area contributed by atoms with Crippen LogP contribution in [0.3, 0.4) is 0 Å². The third-order valence-corrected chi connectivity index (χ3v) is 5.25. The molecule has 0 radical (unpaired) electrons. The van der Waals surface area contributed by atoms with Crippen molar-refractivity contribution in [1.29, 1.82) is 0 Å². The Morgan fingerprint density at radius 2 is 1.88 bits per heavy atom. The summed E-state index contributed by atoms with van der Waals surface area (Å²) in [5.41, 5.74) is 0.334. The molecule has 1 fully saturated rings. The van der Waals surface area contributed by atoms with Crippen LogP contribution in [0.4, 0.5) is 0 Å². The number of hydrogen-bond donors (Lipinski definition) is 2. The first kappa shape index (κ1) is 20.7. The van der Waals surface area contributed by atoms with Crippen LogP contribution in [0.2, 0.25) is 0 Å². The molecule has 7 nitrogen and oxygen atoms in total. The van der Waals surface area contributed by atoms with E-state index in [1.54, 1.807) is 11.0 Å². The van der Waals surface area contributed by atoms with Gasteiger partial charge in [-0.2, -0.15) is 0 Å². The van der Waals surface area contributed by atoms with Gasteiger partial charge in [-0.1, -0.05) is 0 Å². The second-order valence-electron chi connectivity index (χ2n) is 5.75. The maximum atomic E-state index is 12.7.